The number of nitro groups is 1. The Morgan fingerprint density at radius 2 is 2.18 bits per heavy atom. The molecule has 0 aliphatic carbocycles. The SMILES string of the molecule is O=C(O)Cc1sc2ccc([N+](=O)[O-])cc2c1O. The number of thiophene rings is 1. The molecule has 0 saturated heterocycles. The fraction of sp³-hybridized carbons (Fsp3) is 0.100. The zero-order chi connectivity index (χ0) is 12.6. The van der Waals surface area contributed by atoms with Gasteiger partial charge in [0.1, 0.15) is 5.75 Å². The van der Waals surface area contributed by atoms with Crippen molar-refractivity contribution in [3.05, 3.63) is 33.2 Å². The summed E-state index contributed by atoms with van der Waals surface area (Å²) in [4.78, 5) is 20.9. The van der Waals surface area contributed by atoms with E-state index < -0.39 is 10.9 Å². The van der Waals surface area contributed by atoms with E-state index >= 15 is 0 Å². The number of non-ortho nitro benzene ring substituents is 1. The maximum Gasteiger partial charge on any atom is 0.308 e. The van der Waals surface area contributed by atoms with Crippen LogP contribution in [0.15, 0.2) is 18.2 Å². The molecule has 0 radical (unpaired) electrons. The summed E-state index contributed by atoms with van der Waals surface area (Å²) in [6.07, 6.45) is -0.293. The molecule has 0 amide bonds. The number of nitro benzene ring substituents is 1. The molecule has 0 aliphatic rings. The number of carboxylic acid groups (broad SMARTS) is 1. The highest BCUT2D eigenvalue weighted by Gasteiger charge is 2.16. The van der Waals surface area contributed by atoms with Gasteiger partial charge in [0, 0.05) is 22.2 Å². The van der Waals surface area contributed by atoms with Gasteiger partial charge in [0.05, 0.1) is 16.2 Å². The smallest absolute Gasteiger partial charge is 0.308 e. The van der Waals surface area contributed by atoms with Crippen LogP contribution in [0.1, 0.15) is 4.88 Å². The van der Waals surface area contributed by atoms with Gasteiger partial charge in [0.25, 0.3) is 5.69 Å². The zero-order valence-corrected chi connectivity index (χ0v) is 9.23. The molecule has 2 aromatic rings. The summed E-state index contributed by atoms with van der Waals surface area (Å²) in [6.45, 7) is 0. The van der Waals surface area contributed by atoms with Crippen molar-refractivity contribution in [3.8, 4) is 5.75 Å². The minimum atomic E-state index is -1.05. The van der Waals surface area contributed by atoms with Crippen molar-refractivity contribution in [3.63, 3.8) is 0 Å². The van der Waals surface area contributed by atoms with Gasteiger partial charge >= 0.3 is 5.97 Å². The highest BCUT2D eigenvalue weighted by molar-refractivity contribution is 7.19. The van der Waals surface area contributed by atoms with E-state index in [2.05, 4.69) is 0 Å². The number of hydrogen-bond donors (Lipinski definition) is 2. The Balaban J connectivity index is 2.58. The Labute approximate surface area is 98.9 Å². The molecule has 2 N–H and O–H groups in total. The Bertz CT molecular complexity index is 618. The van der Waals surface area contributed by atoms with Crippen molar-refractivity contribution in [1.82, 2.24) is 0 Å². The Hall–Kier alpha value is -2.15. The van der Waals surface area contributed by atoms with Crippen LogP contribution in [0.3, 0.4) is 0 Å². The van der Waals surface area contributed by atoms with Crippen molar-refractivity contribution in [1.29, 1.82) is 0 Å². The van der Waals surface area contributed by atoms with Crippen LogP contribution in [0, 0.1) is 10.1 Å². The lowest BCUT2D eigenvalue weighted by Gasteiger charge is -1.93. The zero-order valence-electron chi connectivity index (χ0n) is 8.41. The maximum atomic E-state index is 10.6. The van der Waals surface area contributed by atoms with Crippen molar-refractivity contribution in [2.24, 2.45) is 0 Å². The number of rotatable bonds is 3. The number of benzene rings is 1. The number of nitrogens with zero attached hydrogens (tertiary/aromatic N) is 1. The van der Waals surface area contributed by atoms with E-state index in [9.17, 15) is 20.0 Å². The monoisotopic (exact) mass is 253 g/mol. The average molecular weight is 253 g/mol. The van der Waals surface area contributed by atoms with Gasteiger partial charge < -0.3 is 10.2 Å². The molecule has 1 aromatic heterocycles. The van der Waals surface area contributed by atoms with Crippen LogP contribution < -0.4 is 0 Å². The average Bonchev–Trinajstić information content (AvgIpc) is 2.55. The van der Waals surface area contributed by atoms with Gasteiger partial charge in [-0.05, 0) is 6.07 Å². The second-order valence-corrected chi connectivity index (χ2v) is 4.52. The Morgan fingerprint density at radius 3 is 2.76 bits per heavy atom. The van der Waals surface area contributed by atoms with Crippen molar-refractivity contribution < 1.29 is 19.9 Å². The van der Waals surface area contributed by atoms with Crippen LogP contribution in [0.2, 0.25) is 0 Å². The molecular weight excluding hydrogens is 246 g/mol. The highest BCUT2D eigenvalue weighted by atomic mass is 32.1. The fourth-order valence-corrected chi connectivity index (χ4v) is 2.56. The minimum Gasteiger partial charge on any atom is -0.506 e. The van der Waals surface area contributed by atoms with E-state index in [1.54, 1.807) is 0 Å². The van der Waals surface area contributed by atoms with Crippen molar-refractivity contribution in [2.45, 2.75) is 6.42 Å². The third kappa shape index (κ3) is 2.04. The van der Waals surface area contributed by atoms with Crippen LogP contribution in [-0.4, -0.2) is 21.1 Å². The Kier molecular flexibility index (Phi) is 2.68. The summed E-state index contributed by atoms with van der Waals surface area (Å²) in [5, 5.41) is 29.3. The molecule has 0 unspecified atom stereocenters. The van der Waals surface area contributed by atoms with Crippen LogP contribution in [-0.2, 0) is 11.2 Å². The molecule has 88 valence electrons. The normalized spacial score (nSPS) is 10.6. The molecule has 1 aromatic carbocycles. The van der Waals surface area contributed by atoms with E-state index in [1.165, 1.54) is 18.2 Å². The standard InChI is InChI=1S/C10H7NO5S/c12-9(13)4-8-10(14)6-3-5(11(15)16)1-2-7(6)17-8/h1-3,14H,4H2,(H,12,13). The van der Waals surface area contributed by atoms with E-state index in [4.69, 9.17) is 5.11 Å². The molecule has 0 aliphatic heterocycles. The Morgan fingerprint density at radius 1 is 1.47 bits per heavy atom. The van der Waals surface area contributed by atoms with Crippen molar-refractivity contribution in [2.75, 3.05) is 0 Å². The summed E-state index contributed by atoms with van der Waals surface area (Å²) in [5.41, 5.74) is -0.132. The molecule has 0 bridgehead atoms. The van der Waals surface area contributed by atoms with Gasteiger partial charge in [-0.1, -0.05) is 0 Å². The molecule has 0 saturated carbocycles. The third-order valence-corrected chi connectivity index (χ3v) is 3.40. The van der Waals surface area contributed by atoms with Crippen LogP contribution in [0.4, 0.5) is 5.69 Å². The maximum absolute atomic E-state index is 10.6. The number of fused-ring (bicyclic) bond motifs is 1. The molecule has 0 spiro atoms. The van der Waals surface area contributed by atoms with E-state index in [0.717, 1.165) is 11.3 Å². The molecule has 17 heavy (non-hydrogen) atoms. The van der Waals surface area contributed by atoms with Crippen LogP contribution >= 0.6 is 11.3 Å². The number of hydrogen-bond acceptors (Lipinski definition) is 5. The first-order chi connectivity index (χ1) is 7.99. The second-order valence-electron chi connectivity index (χ2n) is 3.38. The van der Waals surface area contributed by atoms with Gasteiger partial charge in [-0.25, -0.2) is 0 Å². The lowest BCUT2D eigenvalue weighted by atomic mass is 10.2. The van der Waals surface area contributed by atoms with E-state index in [1.807, 2.05) is 0 Å². The lowest BCUT2D eigenvalue weighted by molar-refractivity contribution is -0.384. The summed E-state index contributed by atoms with van der Waals surface area (Å²) in [7, 11) is 0. The molecule has 1 heterocycles. The van der Waals surface area contributed by atoms with Crippen molar-refractivity contribution >= 4 is 33.1 Å². The first kappa shape index (κ1) is 11.3. The first-order valence-corrected chi connectivity index (χ1v) is 5.41. The predicted octanol–water partition coefficient (Wildman–Crippen LogP) is 2.14. The van der Waals surface area contributed by atoms with Gasteiger partial charge in [-0.15, -0.1) is 11.3 Å². The fourth-order valence-electron chi connectivity index (χ4n) is 1.49. The van der Waals surface area contributed by atoms with Gasteiger partial charge in [-0.2, -0.15) is 0 Å². The number of aromatic hydroxyl groups is 1. The highest BCUT2D eigenvalue weighted by Crippen LogP contribution is 2.38. The summed E-state index contributed by atoms with van der Waals surface area (Å²) in [5.74, 6) is -1.24. The lowest BCUT2D eigenvalue weighted by Crippen LogP contribution is -1.97. The number of carbonyl (C=O) groups is 1. The molecular formula is C10H7NO5S. The number of carboxylic acids is 1. The van der Waals surface area contributed by atoms with E-state index in [0.29, 0.717) is 15.0 Å². The largest absolute Gasteiger partial charge is 0.506 e. The second kappa shape index (κ2) is 4.02. The van der Waals surface area contributed by atoms with Crippen LogP contribution in [0.25, 0.3) is 10.1 Å². The predicted molar refractivity (Wildman–Crippen MR) is 61.5 cm³/mol. The topological polar surface area (TPSA) is 101 Å². The molecule has 0 atom stereocenters. The number of aliphatic carboxylic acids is 1. The minimum absolute atomic E-state index is 0.132. The van der Waals surface area contributed by atoms with Gasteiger partial charge in [0.15, 0.2) is 0 Å². The summed E-state index contributed by atoms with van der Waals surface area (Å²) in [6, 6.07) is 4.07. The molecule has 7 heteroatoms. The molecule has 2 rings (SSSR count). The van der Waals surface area contributed by atoms with Crippen LogP contribution in [0.5, 0.6) is 5.75 Å². The van der Waals surface area contributed by atoms with E-state index in [-0.39, 0.29) is 17.9 Å². The first-order valence-electron chi connectivity index (χ1n) is 4.59. The summed E-state index contributed by atoms with van der Waals surface area (Å²) >= 11 is 1.12. The van der Waals surface area contributed by atoms with Gasteiger partial charge in [-0.3, -0.25) is 14.9 Å². The quantitative estimate of drug-likeness (QED) is 0.644. The molecule has 6 nitrogen and oxygen atoms in total. The summed E-state index contributed by atoms with van der Waals surface area (Å²) < 4.78 is 0.629. The third-order valence-electron chi connectivity index (χ3n) is 2.24. The van der Waals surface area contributed by atoms with Gasteiger partial charge in [0.2, 0.25) is 0 Å². The molecule has 0 fully saturated rings.